The number of hydrogen-bond acceptors (Lipinski definition) is 4. The SMILES string of the molecule is O=CC(N(F)c1ccccc1)(N(F)c1ccccc1)N(F)c1ccccc1. The molecule has 7 heteroatoms. The van der Waals surface area contributed by atoms with Gasteiger partial charge in [0, 0.05) is 0 Å². The molecule has 4 nitrogen and oxygen atoms in total. The Labute approximate surface area is 154 Å². The Morgan fingerprint density at radius 2 is 0.815 bits per heavy atom. The number of halogens is 3. The van der Waals surface area contributed by atoms with Crippen molar-refractivity contribution in [2.24, 2.45) is 0 Å². The van der Waals surface area contributed by atoms with E-state index >= 15 is 13.4 Å². The molecular formula is C20H16F3N3O. The Morgan fingerprint density at radius 3 is 1.04 bits per heavy atom. The highest BCUT2D eigenvalue weighted by molar-refractivity contribution is 5.80. The van der Waals surface area contributed by atoms with Crippen molar-refractivity contribution < 1.29 is 18.2 Å². The lowest BCUT2D eigenvalue weighted by Gasteiger charge is -2.42. The van der Waals surface area contributed by atoms with E-state index in [1.165, 1.54) is 72.8 Å². The highest BCUT2D eigenvalue weighted by Gasteiger charge is 2.53. The summed E-state index contributed by atoms with van der Waals surface area (Å²) >= 11 is 0. The van der Waals surface area contributed by atoms with Gasteiger partial charge >= 0.3 is 5.79 Å². The third-order valence-corrected chi connectivity index (χ3v) is 3.97. The van der Waals surface area contributed by atoms with E-state index in [-0.39, 0.29) is 38.7 Å². The zero-order valence-corrected chi connectivity index (χ0v) is 14.1. The third kappa shape index (κ3) is 3.31. The van der Waals surface area contributed by atoms with Gasteiger partial charge in [-0.2, -0.15) is 15.4 Å². The molecular weight excluding hydrogens is 355 g/mol. The number of aldehydes is 1. The zero-order chi connectivity index (χ0) is 19.3. The molecule has 0 aliphatic heterocycles. The van der Waals surface area contributed by atoms with Crippen LogP contribution in [-0.4, -0.2) is 12.1 Å². The molecule has 3 aromatic carbocycles. The molecule has 0 atom stereocenters. The lowest BCUT2D eigenvalue weighted by Crippen LogP contribution is -2.66. The molecule has 27 heavy (non-hydrogen) atoms. The van der Waals surface area contributed by atoms with Crippen LogP contribution in [0.5, 0.6) is 0 Å². The summed E-state index contributed by atoms with van der Waals surface area (Å²) < 4.78 is 46.1. The number of rotatable bonds is 7. The summed E-state index contributed by atoms with van der Waals surface area (Å²) in [5, 5.41) is -0.750. The molecule has 0 aliphatic carbocycles. The van der Waals surface area contributed by atoms with Gasteiger partial charge in [0.15, 0.2) is 6.29 Å². The van der Waals surface area contributed by atoms with Gasteiger partial charge in [-0.15, -0.1) is 0 Å². The fourth-order valence-electron chi connectivity index (χ4n) is 2.62. The van der Waals surface area contributed by atoms with Gasteiger partial charge in [-0.05, 0) is 36.4 Å². The van der Waals surface area contributed by atoms with Crippen molar-refractivity contribution in [2.45, 2.75) is 5.79 Å². The maximum absolute atomic E-state index is 15.4. The minimum atomic E-state index is -3.05. The molecule has 0 fully saturated rings. The Balaban J connectivity index is 2.16. The summed E-state index contributed by atoms with van der Waals surface area (Å²) in [5.41, 5.74) is -0.578. The van der Waals surface area contributed by atoms with Gasteiger partial charge in [-0.3, -0.25) is 4.79 Å². The van der Waals surface area contributed by atoms with Crippen molar-refractivity contribution >= 4 is 23.3 Å². The Kier molecular flexibility index (Phi) is 5.30. The molecule has 0 aliphatic rings. The van der Waals surface area contributed by atoms with Crippen LogP contribution in [0.3, 0.4) is 0 Å². The molecule has 0 spiro atoms. The number of anilines is 3. The molecule has 0 amide bonds. The van der Waals surface area contributed by atoms with Crippen LogP contribution in [0.4, 0.5) is 30.5 Å². The molecule has 0 radical (unpaired) electrons. The maximum atomic E-state index is 15.4. The van der Waals surface area contributed by atoms with Crippen LogP contribution in [0, 0.1) is 0 Å². The van der Waals surface area contributed by atoms with Gasteiger partial charge in [0.2, 0.25) is 0 Å². The topological polar surface area (TPSA) is 26.8 Å². The first kappa shape index (κ1) is 18.3. The molecule has 0 saturated carbocycles. The van der Waals surface area contributed by atoms with E-state index in [1.807, 2.05) is 0 Å². The second-order valence-electron chi connectivity index (χ2n) is 5.65. The van der Waals surface area contributed by atoms with Gasteiger partial charge in [0.25, 0.3) is 0 Å². The maximum Gasteiger partial charge on any atom is 0.330 e. The Morgan fingerprint density at radius 1 is 0.556 bits per heavy atom. The quantitative estimate of drug-likeness (QED) is 0.331. The van der Waals surface area contributed by atoms with Crippen molar-refractivity contribution in [3.8, 4) is 0 Å². The number of carbonyl (C=O) groups excluding carboxylic acids is 1. The van der Waals surface area contributed by atoms with E-state index in [0.717, 1.165) is 0 Å². The van der Waals surface area contributed by atoms with E-state index in [1.54, 1.807) is 18.2 Å². The minimum Gasteiger partial charge on any atom is -0.296 e. The zero-order valence-electron chi connectivity index (χ0n) is 14.1. The van der Waals surface area contributed by atoms with Crippen LogP contribution >= 0.6 is 0 Å². The Hall–Kier alpha value is -3.48. The first-order valence-corrected chi connectivity index (χ1v) is 8.11. The smallest absolute Gasteiger partial charge is 0.296 e. The third-order valence-electron chi connectivity index (χ3n) is 3.97. The van der Waals surface area contributed by atoms with Gasteiger partial charge in [0.1, 0.15) is 0 Å². The van der Waals surface area contributed by atoms with Crippen LogP contribution < -0.4 is 15.4 Å². The van der Waals surface area contributed by atoms with E-state index < -0.39 is 5.79 Å². The minimum absolute atomic E-state index is 0.125. The summed E-state index contributed by atoms with van der Waals surface area (Å²) in [6, 6.07) is 21.6. The Bertz CT molecular complexity index is 754. The standard InChI is InChI=1S/C20H16F3N3O/c21-24(17-10-4-1-5-11-17)20(16-27,25(22)18-12-6-2-7-13-18)26(23)19-14-8-3-9-15-19/h1-16H. The van der Waals surface area contributed by atoms with E-state index in [0.29, 0.717) is 0 Å². The molecule has 0 N–H and O–H groups in total. The van der Waals surface area contributed by atoms with E-state index in [4.69, 9.17) is 0 Å². The fourth-order valence-corrected chi connectivity index (χ4v) is 2.62. The highest BCUT2D eigenvalue weighted by atomic mass is 19.2. The van der Waals surface area contributed by atoms with Crippen molar-refractivity contribution in [3.63, 3.8) is 0 Å². The average molecular weight is 371 g/mol. The van der Waals surface area contributed by atoms with Crippen molar-refractivity contribution in [3.05, 3.63) is 91.0 Å². The average Bonchev–Trinajstić information content (AvgIpc) is 2.76. The molecule has 3 rings (SSSR count). The lowest BCUT2D eigenvalue weighted by molar-refractivity contribution is -0.116. The number of carbonyl (C=O) groups is 1. The predicted octanol–water partition coefficient (Wildman–Crippen LogP) is 5.01. The van der Waals surface area contributed by atoms with Crippen molar-refractivity contribution in [1.82, 2.24) is 0 Å². The number of nitrogens with zero attached hydrogens (tertiary/aromatic N) is 3. The van der Waals surface area contributed by atoms with Crippen LogP contribution in [0.1, 0.15) is 0 Å². The molecule has 0 saturated heterocycles. The van der Waals surface area contributed by atoms with Gasteiger partial charge in [0.05, 0.1) is 17.1 Å². The van der Waals surface area contributed by atoms with Gasteiger partial charge in [-0.1, -0.05) is 68.0 Å². The molecule has 3 aromatic rings. The molecule has 0 aromatic heterocycles. The summed E-state index contributed by atoms with van der Waals surface area (Å²) in [6.07, 6.45) is -0.125. The van der Waals surface area contributed by atoms with Gasteiger partial charge in [-0.25, -0.2) is 0 Å². The van der Waals surface area contributed by atoms with Crippen LogP contribution in [0.15, 0.2) is 91.0 Å². The second kappa shape index (κ2) is 7.82. The molecule has 0 heterocycles. The highest BCUT2D eigenvalue weighted by Crippen LogP contribution is 2.37. The van der Waals surface area contributed by atoms with Crippen LogP contribution in [-0.2, 0) is 4.79 Å². The van der Waals surface area contributed by atoms with E-state index in [9.17, 15) is 4.79 Å². The van der Waals surface area contributed by atoms with Crippen molar-refractivity contribution in [1.29, 1.82) is 0 Å². The van der Waals surface area contributed by atoms with E-state index in [2.05, 4.69) is 0 Å². The monoisotopic (exact) mass is 371 g/mol. The lowest BCUT2D eigenvalue weighted by atomic mass is 10.2. The summed E-state index contributed by atoms with van der Waals surface area (Å²) in [4.78, 5) is 12.0. The normalized spacial score (nSPS) is 10.9. The van der Waals surface area contributed by atoms with Gasteiger partial charge < -0.3 is 0 Å². The molecule has 0 bridgehead atoms. The summed E-state index contributed by atoms with van der Waals surface area (Å²) in [5.74, 6) is -3.05. The molecule has 138 valence electrons. The second-order valence-corrected chi connectivity index (χ2v) is 5.65. The van der Waals surface area contributed by atoms with Crippen molar-refractivity contribution in [2.75, 3.05) is 15.4 Å². The number of benzene rings is 3. The number of para-hydroxylation sites is 3. The summed E-state index contributed by atoms with van der Waals surface area (Å²) in [6.45, 7) is 0. The van der Waals surface area contributed by atoms with Crippen LogP contribution in [0.2, 0.25) is 0 Å². The largest absolute Gasteiger partial charge is 0.330 e. The summed E-state index contributed by atoms with van der Waals surface area (Å²) in [7, 11) is 0. The first-order valence-electron chi connectivity index (χ1n) is 8.11. The van der Waals surface area contributed by atoms with Crippen LogP contribution in [0.25, 0.3) is 0 Å². The number of hydrogen-bond donors (Lipinski definition) is 0. The molecule has 0 unspecified atom stereocenters. The predicted molar refractivity (Wildman–Crippen MR) is 98.9 cm³/mol. The first-order chi connectivity index (χ1) is 13.1. The fraction of sp³-hybridized carbons (Fsp3) is 0.0500.